The van der Waals surface area contributed by atoms with Crippen molar-refractivity contribution in [3.05, 3.63) is 18.2 Å². The standard InChI is InChI=1S/C14H23N3O/c1-4-16-11-8-15-13(16)12(18)14(2,3)17-9-6-5-7-10-17/h8,11H,4-7,9-10H2,1-3H3. The van der Waals surface area contributed by atoms with E-state index in [1.54, 1.807) is 6.20 Å². The number of hydrogen-bond acceptors (Lipinski definition) is 3. The van der Waals surface area contributed by atoms with Gasteiger partial charge in [-0.3, -0.25) is 9.69 Å². The van der Waals surface area contributed by atoms with Crippen LogP contribution in [-0.2, 0) is 6.54 Å². The molecule has 1 fully saturated rings. The first kappa shape index (κ1) is 13.3. The number of hydrogen-bond donors (Lipinski definition) is 0. The number of piperidine rings is 1. The van der Waals surface area contributed by atoms with E-state index in [4.69, 9.17) is 0 Å². The maximum absolute atomic E-state index is 12.7. The Bertz CT molecular complexity index is 416. The number of aromatic nitrogens is 2. The molecule has 100 valence electrons. The van der Waals surface area contributed by atoms with E-state index in [1.807, 2.05) is 31.5 Å². The fourth-order valence-electron chi connectivity index (χ4n) is 2.64. The number of carbonyl (C=O) groups is 1. The number of aryl methyl sites for hydroxylation is 1. The quantitative estimate of drug-likeness (QED) is 0.769. The molecule has 0 bridgehead atoms. The van der Waals surface area contributed by atoms with Gasteiger partial charge in [0.25, 0.3) is 0 Å². The van der Waals surface area contributed by atoms with Crippen LogP contribution in [0.1, 0.15) is 50.7 Å². The Kier molecular flexibility index (Phi) is 3.85. The number of Topliss-reactive ketones (excluding diaryl/α,β-unsaturated/α-hetero) is 1. The van der Waals surface area contributed by atoms with Gasteiger partial charge in [0.2, 0.25) is 5.78 Å². The van der Waals surface area contributed by atoms with Gasteiger partial charge in [-0.1, -0.05) is 6.42 Å². The van der Waals surface area contributed by atoms with Gasteiger partial charge in [0.1, 0.15) is 0 Å². The second-order valence-corrected chi connectivity index (χ2v) is 5.47. The lowest BCUT2D eigenvalue weighted by atomic mass is 9.93. The van der Waals surface area contributed by atoms with Crippen LogP contribution in [0, 0.1) is 0 Å². The van der Waals surface area contributed by atoms with Crippen molar-refractivity contribution in [3.63, 3.8) is 0 Å². The second kappa shape index (κ2) is 5.22. The van der Waals surface area contributed by atoms with E-state index in [-0.39, 0.29) is 5.78 Å². The Balaban J connectivity index is 2.20. The number of nitrogens with zero attached hydrogens (tertiary/aromatic N) is 3. The fourth-order valence-corrected chi connectivity index (χ4v) is 2.64. The minimum Gasteiger partial charge on any atom is -0.329 e. The SMILES string of the molecule is CCn1ccnc1C(=O)C(C)(C)N1CCCCC1. The Labute approximate surface area is 109 Å². The molecule has 1 aromatic rings. The van der Waals surface area contributed by atoms with Crippen LogP contribution in [0.3, 0.4) is 0 Å². The molecule has 1 saturated heterocycles. The highest BCUT2D eigenvalue weighted by atomic mass is 16.1. The van der Waals surface area contributed by atoms with Gasteiger partial charge in [-0.25, -0.2) is 4.98 Å². The van der Waals surface area contributed by atoms with Crippen LogP contribution in [-0.4, -0.2) is 38.9 Å². The summed E-state index contributed by atoms with van der Waals surface area (Å²) in [6.45, 7) is 8.91. The van der Waals surface area contributed by atoms with Crippen LogP contribution < -0.4 is 0 Å². The lowest BCUT2D eigenvalue weighted by Gasteiger charge is -2.39. The van der Waals surface area contributed by atoms with E-state index in [2.05, 4.69) is 9.88 Å². The summed E-state index contributed by atoms with van der Waals surface area (Å²) < 4.78 is 1.92. The third-order valence-corrected chi connectivity index (χ3v) is 3.96. The lowest BCUT2D eigenvalue weighted by Crippen LogP contribution is -2.52. The van der Waals surface area contributed by atoms with Crippen molar-refractivity contribution in [2.24, 2.45) is 0 Å². The van der Waals surface area contributed by atoms with Crippen molar-refractivity contribution in [1.82, 2.24) is 14.5 Å². The van der Waals surface area contributed by atoms with Crippen molar-refractivity contribution < 1.29 is 4.79 Å². The zero-order chi connectivity index (χ0) is 13.2. The average molecular weight is 249 g/mol. The molecule has 0 aliphatic carbocycles. The highest BCUT2D eigenvalue weighted by molar-refractivity contribution is 6.00. The normalized spacial score (nSPS) is 17.9. The second-order valence-electron chi connectivity index (χ2n) is 5.47. The summed E-state index contributed by atoms with van der Waals surface area (Å²) in [5.41, 5.74) is -0.446. The van der Waals surface area contributed by atoms with Gasteiger partial charge in [0, 0.05) is 18.9 Å². The smallest absolute Gasteiger partial charge is 0.217 e. The zero-order valence-electron chi connectivity index (χ0n) is 11.6. The molecule has 2 heterocycles. The van der Waals surface area contributed by atoms with E-state index in [0.29, 0.717) is 5.82 Å². The predicted octanol–water partition coefficient (Wildman–Crippen LogP) is 2.35. The molecule has 2 rings (SSSR count). The first-order chi connectivity index (χ1) is 8.57. The van der Waals surface area contributed by atoms with E-state index >= 15 is 0 Å². The number of carbonyl (C=O) groups excluding carboxylic acids is 1. The molecule has 0 radical (unpaired) electrons. The highest BCUT2D eigenvalue weighted by Crippen LogP contribution is 2.24. The van der Waals surface area contributed by atoms with Gasteiger partial charge in [-0.15, -0.1) is 0 Å². The molecule has 0 N–H and O–H groups in total. The lowest BCUT2D eigenvalue weighted by molar-refractivity contribution is 0.0564. The van der Waals surface area contributed by atoms with Gasteiger partial charge >= 0.3 is 0 Å². The Morgan fingerprint density at radius 1 is 1.33 bits per heavy atom. The minimum atomic E-state index is -0.446. The van der Waals surface area contributed by atoms with Crippen LogP contribution in [0.4, 0.5) is 0 Å². The van der Waals surface area contributed by atoms with Crippen molar-refractivity contribution in [1.29, 1.82) is 0 Å². The van der Waals surface area contributed by atoms with Crippen molar-refractivity contribution >= 4 is 5.78 Å². The molecule has 0 amide bonds. The summed E-state index contributed by atoms with van der Waals surface area (Å²) in [5.74, 6) is 0.726. The Hall–Kier alpha value is -1.16. The maximum atomic E-state index is 12.7. The molecule has 0 aromatic carbocycles. The first-order valence-corrected chi connectivity index (χ1v) is 6.88. The molecule has 1 aliphatic heterocycles. The van der Waals surface area contributed by atoms with Gasteiger partial charge < -0.3 is 4.57 Å². The maximum Gasteiger partial charge on any atom is 0.217 e. The third kappa shape index (κ3) is 2.34. The Morgan fingerprint density at radius 2 is 2.00 bits per heavy atom. The van der Waals surface area contributed by atoms with Gasteiger partial charge in [-0.05, 0) is 46.7 Å². The molecular weight excluding hydrogens is 226 g/mol. The van der Waals surface area contributed by atoms with Crippen molar-refractivity contribution in [2.75, 3.05) is 13.1 Å². The molecule has 1 aliphatic rings. The van der Waals surface area contributed by atoms with E-state index in [1.165, 1.54) is 19.3 Å². The highest BCUT2D eigenvalue weighted by Gasteiger charge is 2.37. The number of imidazole rings is 1. The molecule has 4 nitrogen and oxygen atoms in total. The molecular formula is C14H23N3O. The largest absolute Gasteiger partial charge is 0.329 e. The van der Waals surface area contributed by atoms with Crippen LogP contribution >= 0.6 is 0 Å². The van der Waals surface area contributed by atoms with Gasteiger partial charge in [0.15, 0.2) is 5.82 Å². The fraction of sp³-hybridized carbons (Fsp3) is 0.714. The van der Waals surface area contributed by atoms with E-state index in [0.717, 1.165) is 19.6 Å². The molecule has 4 heteroatoms. The molecule has 0 spiro atoms. The van der Waals surface area contributed by atoms with Crippen LogP contribution in [0.25, 0.3) is 0 Å². The summed E-state index contributed by atoms with van der Waals surface area (Å²) >= 11 is 0. The molecule has 0 atom stereocenters. The van der Waals surface area contributed by atoms with E-state index in [9.17, 15) is 4.79 Å². The van der Waals surface area contributed by atoms with E-state index < -0.39 is 5.54 Å². The first-order valence-electron chi connectivity index (χ1n) is 6.88. The Morgan fingerprint density at radius 3 is 2.61 bits per heavy atom. The molecule has 0 saturated carbocycles. The zero-order valence-corrected chi connectivity index (χ0v) is 11.6. The number of likely N-dealkylation sites (tertiary alicyclic amines) is 1. The topological polar surface area (TPSA) is 38.1 Å². The average Bonchev–Trinajstić information content (AvgIpc) is 2.87. The van der Waals surface area contributed by atoms with Crippen molar-refractivity contribution in [2.45, 2.75) is 52.1 Å². The summed E-state index contributed by atoms with van der Waals surface area (Å²) in [6, 6.07) is 0. The van der Waals surface area contributed by atoms with Crippen molar-refractivity contribution in [3.8, 4) is 0 Å². The van der Waals surface area contributed by atoms with Gasteiger partial charge in [-0.2, -0.15) is 0 Å². The summed E-state index contributed by atoms with van der Waals surface area (Å²) in [6.07, 6.45) is 7.25. The predicted molar refractivity (Wildman–Crippen MR) is 71.7 cm³/mol. The number of rotatable bonds is 4. The monoisotopic (exact) mass is 249 g/mol. The molecule has 0 unspecified atom stereocenters. The third-order valence-electron chi connectivity index (χ3n) is 3.96. The molecule has 1 aromatic heterocycles. The molecule has 18 heavy (non-hydrogen) atoms. The van der Waals surface area contributed by atoms with Crippen LogP contribution in [0.2, 0.25) is 0 Å². The summed E-state index contributed by atoms with van der Waals surface area (Å²) in [4.78, 5) is 19.2. The summed E-state index contributed by atoms with van der Waals surface area (Å²) in [5, 5.41) is 0. The van der Waals surface area contributed by atoms with Gasteiger partial charge in [0.05, 0.1) is 5.54 Å². The minimum absolute atomic E-state index is 0.135. The van der Waals surface area contributed by atoms with Crippen LogP contribution in [0.5, 0.6) is 0 Å². The van der Waals surface area contributed by atoms with Crippen LogP contribution in [0.15, 0.2) is 12.4 Å². The number of ketones is 1. The summed E-state index contributed by atoms with van der Waals surface area (Å²) in [7, 11) is 0.